The Balaban J connectivity index is 1.55. The van der Waals surface area contributed by atoms with Crippen LogP contribution in [-0.4, -0.2) is 35.0 Å². The van der Waals surface area contributed by atoms with Gasteiger partial charge in [-0.2, -0.15) is 0 Å². The zero-order chi connectivity index (χ0) is 13.1. The van der Waals surface area contributed by atoms with Crippen LogP contribution < -0.4 is 5.32 Å². The van der Waals surface area contributed by atoms with Crippen LogP contribution in [0.2, 0.25) is 0 Å². The lowest BCUT2D eigenvalue weighted by Crippen LogP contribution is -2.39. The zero-order valence-electron chi connectivity index (χ0n) is 11.8. The Morgan fingerprint density at radius 3 is 2.53 bits per heavy atom. The molecule has 19 heavy (non-hydrogen) atoms. The fraction of sp³-hybridized carbons (Fsp3) is 0.733. The van der Waals surface area contributed by atoms with Crippen molar-refractivity contribution in [3.05, 3.63) is 18.0 Å². The van der Waals surface area contributed by atoms with Gasteiger partial charge in [0.2, 0.25) is 5.95 Å². The van der Waals surface area contributed by atoms with Crippen molar-refractivity contribution in [1.29, 1.82) is 0 Å². The molecule has 1 saturated carbocycles. The highest BCUT2D eigenvalue weighted by Crippen LogP contribution is 2.37. The Kier molecular flexibility index (Phi) is 3.97. The van der Waals surface area contributed by atoms with E-state index in [1.54, 1.807) is 0 Å². The molecule has 1 saturated heterocycles. The van der Waals surface area contributed by atoms with Crippen molar-refractivity contribution in [3.8, 4) is 0 Å². The third-order valence-electron chi connectivity index (χ3n) is 4.69. The molecule has 0 bridgehead atoms. The Morgan fingerprint density at radius 2 is 1.89 bits per heavy atom. The number of aromatic nitrogens is 2. The second kappa shape index (κ2) is 5.87. The van der Waals surface area contributed by atoms with Gasteiger partial charge in [-0.3, -0.25) is 4.90 Å². The number of hydrogen-bond donors (Lipinski definition) is 1. The quantitative estimate of drug-likeness (QED) is 0.903. The Labute approximate surface area is 115 Å². The third kappa shape index (κ3) is 3.06. The highest BCUT2D eigenvalue weighted by atomic mass is 15.1. The van der Waals surface area contributed by atoms with Crippen LogP contribution in [0.25, 0.3) is 0 Å². The average molecular weight is 260 g/mol. The maximum Gasteiger partial charge on any atom is 0.222 e. The standard InChI is InChI=1S/C15H24N4/c1-16-15-17-8-12(9-18-15)10-19-7-3-6-14(11-19)13-4-2-5-13/h8-9,13-14H,2-7,10-11H2,1H3,(H,16,17,18). The lowest BCUT2D eigenvalue weighted by atomic mass is 9.73. The number of anilines is 1. The first-order valence-electron chi connectivity index (χ1n) is 7.56. The fourth-order valence-corrected chi connectivity index (χ4v) is 3.35. The predicted octanol–water partition coefficient (Wildman–Crippen LogP) is 2.53. The Morgan fingerprint density at radius 1 is 1.16 bits per heavy atom. The second-order valence-electron chi connectivity index (χ2n) is 5.99. The Bertz CT molecular complexity index is 399. The number of nitrogens with zero attached hydrogens (tertiary/aromatic N) is 3. The second-order valence-corrected chi connectivity index (χ2v) is 5.99. The van der Waals surface area contributed by atoms with Gasteiger partial charge >= 0.3 is 0 Å². The minimum atomic E-state index is 0.703. The first-order valence-corrected chi connectivity index (χ1v) is 7.56. The van der Waals surface area contributed by atoms with Crippen molar-refractivity contribution < 1.29 is 0 Å². The third-order valence-corrected chi connectivity index (χ3v) is 4.69. The summed E-state index contributed by atoms with van der Waals surface area (Å²) in [6.45, 7) is 3.52. The molecule has 0 spiro atoms. The summed E-state index contributed by atoms with van der Waals surface area (Å²) < 4.78 is 0. The number of piperidine rings is 1. The molecule has 2 heterocycles. The van der Waals surface area contributed by atoms with E-state index in [1.807, 2.05) is 19.4 Å². The molecule has 1 aliphatic heterocycles. The van der Waals surface area contributed by atoms with Crippen LogP contribution in [0.1, 0.15) is 37.7 Å². The molecule has 0 aromatic carbocycles. The van der Waals surface area contributed by atoms with Crippen molar-refractivity contribution >= 4 is 5.95 Å². The van der Waals surface area contributed by atoms with Gasteiger partial charge in [0.25, 0.3) is 0 Å². The highest BCUT2D eigenvalue weighted by Gasteiger charge is 2.30. The largest absolute Gasteiger partial charge is 0.357 e. The van der Waals surface area contributed by atoms with Gasteiger partial charge in [-0.25, -0.2) is 9.97 Å². The lowest BCUT2D eigenvalue weighted by Gasteiger charge is -2.40. The summed E-state index contributed by atoms with van der Waals surface area (Å²) >= 11 is 0. The molecule has 4 nitrogen and oxygen atoms in total. The first-order chi connectivity index (χ1) is 9.35. The summed E-state index contributed by atoms with van der Waals surface area (Å²) in [4.78, 5) is 11.2. The topological polar surface area (TPSA) is 41.1 Å². The van der Waals surface area contributed by atoms with Gasteiger partial charge in [-0.1, -0.05) is 19.3 Å². The van der Waals surface area contributed by atoms with Gasteiger partial charge in [-0.15, -0.1) is 0 Å². The molecule has 2 aliphatic rings. The van der Waals surface area contributed by atoms with E-state index in [2.05, 4.69) is 20.2 Å². The first kappa shape index (κ1) is 12.9. The van der Waals surface area contributed by atoms with Gasteiger partial charge in [0, 0.05) is 38.1 Å². The predicted molar refractivity (Wildman–Crippen MR) is 76.9 cm³/mol. The maximum atomic E-state index is 4.30. The van der Waals surface area contributed by atoms with Crippen molar-refractivity contribution in [2.24, 2.45) is 11.8 Å². The van der Waals surface area contributed by atoms with Gasteiger partial charge in [0.15, 0.2) is 0 Å². The minimum Gasteiger partial charge on any atom is -0.357 e. The molecule has 2 fully saturated rings. The van der Waals surface area contributed by atoms with Gasteiger partial charge in [0.05, 0.1) is 0 Å². The fourth-order valence-electron chi connectivity index (χ4n) is 3.35. The van der Waals surface area contributed by atoms with Gasteiger partial charge < -0.3 is 5.32 Å². The maximum absolute atomic E-state index is 4.30. The van der Waals surface area contributed by atoms with Crippen LogP contribution in [0.15, 0.2) is 12.4 Å². The number of nitrogens with one attached hydrogen (secondary N) is 1. The van der Waals surface area contributed by atoms with E-state index in [1.165, 1.54) is 50.8 Å². The van der Waals surface area contributed by atoms with E-state index in [0.717, 1.165) is 18.4 Å². The summed E-state index contributed by atoms with van der Waals surface area (Å²) in [7, 11) is 1.85. The molecule has 1 unspecified atom stereocenters. The molecule has 1 aliphatic carbocycles. The van der Waals surface area contributed by atoms with E-state index in [0.29, 0.717) is 5.95 Å². The van der Waals surface area contributed by atoms with E-state index in [-0.39, 0.29) is 0 Å². The van der Waals surface area contributed by atoms with Crippen LogP contribution in [-0.2, 0) is 6.54 Å². The molecule has 3 rings (SSSR count). The monoisotopic (exact) mass is 260 g/mol. The Hall–Kier alpha value is -1.16. The summed E-state index contributed by atoms with van der Waals surface area (Å²) in [5.74, 6) is 2.67. The van der Waals surface area contributed by atoms with E-state index in [9.17, 15) is 0 Å². The lowest BCUT2D eigenvalue weighted by molar-refractivity contribution is 0.0912. The summed E-state index contributed by atoms with van der Waals surface area (Å²) in [6.07, 6.45) is 11.1. The SMILES string of the molecule is CNc1ncc(CN2CCCC(C3CCC3)C2)cn1. The van der Waals surface area contributed by atoms with E-state index >= 15 is 0 Å². The molecule has 0 radical (unpaired) electrons. The zero-order valence-corrected chi connectivity index (χ0v) is 11.8. The molecule has 104 valence electrons. The molecule has 1 aromatic heterocycles. The van der Waals surface area contributed by atoms with Crippen LogP contribution in [0, 0.1) is 11.8 Å². The van der Waals surface area contributed by atoms with Gasteiger partial charge in [-0.05, 0) is 31.2 Å². The smallest absolute Gasteiger partial charge is 0.222 e. The number of hydrogen-bond acceptors (Lipinski definition) is 4. The molecule has 1 aromatic rings. The van der Waals surface area contributed by atoms with Crippen molar-refractivity contribution in [1.82, 2.24) is 14.9 Å². The molecule has 0 amide bonds. The van der Waals surface area contributed by atoms with Crippen molar-refractivity contribution in [2.75, 3.05) is 25.5 Å². The van der Waals surface area contributed by atoms with Crippen LogP contribution in [0.3, 0.4) is 0 Å². The molecular weight excluding hydrogens is 236 g/mol. The normalized spacial score (nSPS) is 25.0. The average Bonchev–Trinajstić information content (AvgIpc) is 2.38. The van der Waals surface area contributed by atoms with E-state index < -0.39 is 0 Å². The number of rotatable bonds is 4. The van der Waals surface area contributed by atoms with Crippen molar-refractivity contribution in [2.45, 2.75) is 38.6 Å². The van der Waals surface area contributed by atoms with Gasteiger partial charge in [0.1, 0.15) is 0 Å². The summed E-state index contributed by atoms with van der Waals surface area (Å²) in [6, 6.07) is 0. The minimum absolute atomic E-state index is 0.703. The molecule has 1 atom stereocenters. The van der Waals surface area contributed by atoms with Crippen LogP contribution >= 0.6 is 0 Å². The summed E-state index contributed by atoms with van der Waals surface area (Å²) in [5.41, 5.74) is 1.23. The van der Waals surface area contributed by atoms with E-state index in [4.69, 9.17) is 0 Å². The van der Waals surface area contributed by atoms with Crippen LogP contribution in [0.4, 0.5) is 5.95 Å². The summed E-state index contributed by atoms with van der Waals surface area (Å²) in [5, 5.41) is 2.96. The number of likely N-dealkylation sites (tertiary alicyclic amines) is 1. The molecule has 4 heteroatoms. The molecule has 1 N–H and O–H groups in total. The van der Waals surface area contributed by atoms with Crippen molar-refractivity contribution in [3.63, 3.8) is 0 Å². The molecular formula is C15H24N4. The highest BCUT2D eigenvalue weighted by molar-refractivity contribution is 5.23. The van der Waals surface area contributed by atoms with Crippen LogP contribution in [0.5, 0.6) is 0 Å².